The Balaban J connectivity index is 0.000000116. The predicted molar refractivity (Wildman–Crippen MR) is 577 cm³/mol. The van der Waals surface area contributed by atoms with Gasteiger partial charge in [0.1, 0.15) is 28.1 Å². The molecule has 22 aromatic rings. The van der Waals surface area contributed by atoms with E-state index in [9.17, 15) is 0 Å². The van der Waals surface area contributed by atoms with Gasteiger partial charge in [-0.25, -0.2) is 0 Å². The summed E-state index contributed by atoms with van der Waals surface area (Å²) in [4.78, 5) is 0. The highest BCUT2D eigenvalue weighted by atomic mass is 32.1. The Morgan fingerprint density at radius 3 is 1.13 bits per heavy atom. The molecule has 0 bridgehead atoms. The Morgan fingerprint density at radius 1 is 0.233 bits per heavy atom. The van der Waals surface area contributed by atoms with E-state index in [0.29, 0.717) is 0 Å². The maximum Gasteiger partial charge on any atom is 0.143 e. The summed E-state index contributed by atoms with van der Waals surface area (Å²) in [5.41, 5.74) is 26.8. The van der Waals surface area contributed by atoms with Crippen molar-refractivity contribution in [2.75, 3.05) is 0 Å². The Morgan fingerprint density at radius 2 is 0.624 bits per heavy atom. The van der Waals surface area contributed by atoms with Crippen LogP contribution in [0.25, 0.3) is 156 Å². The molecule has 0 aliphatic heterocycles. The van der Waals surface area contributed by atoms with Gasteiger partial charge in [-0.3, -0.25) is 0 Å². The number of benzene rings is 15. The van der Waals surface area contributed by atoms with Crippen molar-refractivity contribution in [3.63, 3.8) is 0 Å². The molecular formula is C126H125NO4S2. The molecule has 0 unspecified atom stereocenters. The fraction of sp³-hybridized carbons (Fsp3) is 0.222. The minimum absolute atomic E-state index is 0.0558. The van der Waals surface area contributed by atoms with Gasteiger partial charge in [-0.05, 0) is 160 Å². The quantitative estimate of drug-likeness (QED) is 0.172. The van der Waals surface area contributed by atoms with Crippen LogP contribution in [-0.4, -0.2) is 4.57 Å². The lowest BCUT2D eigenvalue weighted by Gasteiger charge is -2.24. The zero-order chi connectivity index (χ0) is 93.9. The molecular weight excluding hydrogens is 1660 g/mol. The van der Waals surface area contributed by atoms with Crippen LogP contribution in [0.2, 0.25) is 0 Å². The van der Waals surface area contributed by atoms with Gasteiger partial charge < -0.3 is 22.2 Å². The monoisotopic (exact) mass is 1780 g/mol. The van der Waals surface area contributed by atoms with Crippen molar-refractivity contribution in [1.82, 2.24) is 4.57 Å². The van der Waals surface area contributed by atoms with Gasteiger partial charge in [-0.15, -0.1) is 22.7 Å². The van der Waals surface area contributed by atoms with Gasteiger partial charge in [0.25, 0.3) is 0 Å². The van der Waals surface area contributed by atoms with Crippen molar-refractivity contribution < 1.29 is 17.7 Å². The van der Waals surface area contributed by atoms with Crippen LogP contribution in [0.1, 0.15) is 185 Å². The summed E-state index contributed by atoms with van der Waals surface area (Å²) >= 11 is 3.84. The van der Waals surface area contributed by atoms with Crippen molar-refractivity contribution >= 4 is 129 Å². The van der Waals surface area contributed by atoms with Crippen LogP contribution in [-0.2, 0) is 37.9 Å². The first-order valence-electron chi connectivity index (χ1n) is 46.7. The fourth-order valence-electron chi connectivity index (χ4n) is 18.1. The van der Waals surface area contributed by atoms with Crippen molar-refractivity contribution in [3.8, 4) is 50.2 Å². The first-order chi connectivity index (χ1) is 63.5. The van der Waals surface area contributed by atoms with Crippen LogP contribution in [0.4, 0.5) is 0 Å². The molecule has 0 fully saturated rings. The second-order valence-electron chi connectivity index (χ2n) is 41.9. The highest BCUT2D eigenvalue weighted by Gasteiger charge is 2.28. The van der Waals surface area contributed by atoms with Crippen LogP contribution in [0.15, 0.2) is 394 Å². The molecule has 7 heterocycles. The van der Waals surface area contributed by atoms with Gasteiger partial charge in [0.15, 0.2) is 0 Å². The van der Waals surface area contributed by atoms with E-state index in [1.165, 1.54) is 162 Å². The topological polar surface area (TPSA) is 57.5 Å². The first-order valence-corrected chi connectivity index (χ1v) is 48.3. The van der Waals surface area contributed by atoms with Crippen LogP contribution in [0.3, 0.4) is 0 Å². The predicted octanol–water partition coefficient (Wildman–Crippen LogP) is 38.4. The molecule has 22 rings (SSSR count). The smallest absolute Gasteiger partial charge is 0.143 e. The van der Waals surface area contributed by atoms with Gasteiger partial charge in [0, 0.05) is 94.9 Å². The first kappa shape index (κ1) is 93.0. The summed E-state index contributed by atoms with van der Waals surface area (Å²) in [5, 5.41) is 13.1. The normalized spacial score (nSPS) is 12.1. The molecule has 0 aliphatic carbocycles. The summed E-state index contributed by atoms with van der Waals surface area (Å²) in [5.74, 6) is 1.04. The average molecular weight is 1780 g/mol. The lowest BCUT2D eigenvalue weighted by Crippen LogP contribution is -2.15. The SMILES string of the molecule is CC(C)(C)c1cccc2c1oc1c(-c3ccccc3)cccc12.CC(C)(C)c1cccc2c1sc1c(-c3ccccc3)cccc12.CC(C)(C)c1cccc2oc3cccc(-c4ccccc4)c3c12.CC(C)(C)c1cccc2sc3cccc(-c4ccccc4)c3c12.CC(C)(C)c1ccccc1-n1c2ccccc2c2ccccc21.CC(C)(C)c1ccco1.CC(C)(C)c1ccoc1. The van der Waals surface area contributed by atoms with Crippen LogP contribution < -0.4 is 0 Å². The molecule has 5 nitrogen and oxygen atoms in total. The maximum absolute atomic E-state index is 6.40. The third-order valence-electron chi connectivity index (χ3n) is 24.8. The number of rotatable bonds is 5. The summed E-state index contributed by atoms with van der Waals surface area (Å²) in [7, 11) is 0. The van der Waals surface area contributed by atoms with Crippen molar-refractivity contribution in [1.29, 1.82) is 0 Å². The highest BCUT2D eigenvalue weighted by molar-refractivity contribution is 7.26. The van der Waals surface area contributed by atoms with E-state index in [2.05, 4.69) is 484 Å². The zero-order valence-electron chi connectivity index (χ0n) is 81.2. The molecule has 7 aromatic heterocycles. The number of aromatic nitrogens is 1. The second-order valence-corrected chi connectivity index (χ2v) is 44.0. The third kappa shape index (κ3) is 20.1. The number of para-hydroxylation sites is 5. The summed E-state index contributed by atoms with van der Waals surface area (Å²) in [6, 6.07) is 127. The average Bonchev–Trinajstić information content (AvgIpc) is 1.98. The number of hydrogen-bond donors (Lipinski definition) is 0. The molecule has 0 spiro atoms. The van der Waals surface area contributed by atoms with E-state index in [0.717, 1.165) is 33.7 Å². The Labute approximate surface area is 794 Å². The molecule has 15 aromatic carbocycles. The van der Waals surface area contributed by atoms with Gasteiger partial charge in [-0.1, -0.05) is 443 Å². The van der Waals surface area contributed by atoms with E-state index in [1.807, 2.05) is 46.9 Å². The summed E-state index contributed by atoms with van der Waals surface area (Å²) in [6.07, 6.45) is 5.21. The van der Waals surface area contributed by atoms with E-state index in [4.69, 9.17) is 17.7 Å². The Bertz CT molecular complexity index is 7300. The Kier molecular flexibility index (Phi) is 26.6. The standard InChI is InChI=1S/C22H21N.2C22H20O.2C22H20S.2C8H12O/c1-22(2,3)18-12-6-9-15-21(18)23-19-13-7-4-10-16(19)17-11-5-8-14-20(17)23;1-22(2,3)17-12-8-14-19-21(17)20-16(11-7-13-18(20)23-19)15-9-5-4-6-10-15;1-22(2,3)19-14-8-13-18-17-12-7-11-16(20(17)23-21(18)19)15-9-5-4-6-10-15;1-22(2,3)17-12-8-14-19-21(17)20-16(11-7-13-18(20)23-19)15-9-5-4-6-10-15;1-22(2,3)19-14-8-13-18-17-12-7-11-16(20(17)23-21(18)19)15-9-5-4-6-10-15;1-8(2,3)7-4-5-9-6-7;1-8(2,3)7-5-4-6-9-7/h4-15H,1-3H3;4*4-14H,1-3H3;2*4-6H,1-3H3. The molecule has 670 valence electrons. The van der Waals surface area contributed by atoms with Gasteiger partial charge >= 0.3 is 0 Å². The Hall–Kier alpha value is -13.3. The van der Waals surface area contributed by atoms with E-state index in [1.54, 1.807) is 18.8 Å². The van der Waals surface area contributed by atoms with Crippen molar-refractivity contribution in [2.45, 2.75) is 183 Å². The lowest BCUT2D eigenvalue weighted by atomic mass is 9.83. The van der Waals surface area contributed by atoms with Crippen LogP contribution in [0, 0.1) is 0 Å². The summed E-state index contributed by atoms with van der Waals surface area (Å²) in [6.45, 7) is 47.0. The van der Waals surface area contributed by atoms with Gasteiger partial charge in [0.2, 0.25) is 0 Å². The van der Waals surface area contributed by atoms with E-state index < -0.39 is 0 Å². The molecule has 0 saturated carbocycles. The minimum Gasteiger partial charge on any atom is -0.472 e. The molecule has 0 atom stereocenters. The number of fused-ring (bicyclic) bond motifs is 15. The second kappa shape index (κ2) is 38.1. The third-order valence-corrected chi connectivity index (χ3v) is 27.3. The summed E-state index contributed by atoms with van der Waals surface area (Å²) < 4.78 is 30.7. The largest absolute Gasteiger partial charge is 0.472 e. The van der Waals surface area contributed by atoms with E-state index in [-0.39, 0.29) is 37.9 Å². The fourth-order valence-corrected chi connectivity index (χ4v) is 20.8. The maximum atomic E-state index is 6.40. The van der Waals surface area contributed by atoms with E-state index >= 15 is 0 Å². The molecule has 7 heteroatoms. The highest BCUT2D eigenvalue weighted by Crippen LogP contribution is 2.49. The molecule has 0 radical (unpaired) electrons. The number of furan rings is 4. The molecule has 0 N–H and O–H groups in total. The lowest BCUT2D eigenvalue weighted by molar-refractivity contribution is 0.409. The number of nitrogens with zero attached hydrogens (tertiary/aromatic N) is 1. The zero-order valence-corrected chi connectivity index (χ0v) is 82.8. The van der Waals surface area contributed by atoms with Crippen molar-refractivity contribution in [2.24, 2.45) is 0 Å². The molecule has 0 amide bonds. The van der Waals surface area contributed by atoms with Crippen LogP contribution >= 0.6 is 22.7 Å². The van der Waals surface area contributed by atoms with Crippen LogP contribution in [0.5, 0.6) is 0 Å². The van der Waals surface area contributed by atoms with Gasteiger partial charge in [0.05, 0.1) is 29.8 Å². The number of thiophene rings is 2. The van der Waals surface area contributed by atoms with Gasteiger partial charge in [-0.2, -0.15) is 0 Å². The van der Waals surface area contributed by atoms with Crippen molar-refractivity contribution in [3.05, 3.63) is 416 Å². The molecule has 0 aliphatic rings. The number of hydrogen-bond acceptors (Lipinski definition) is 6. The molecule has 0 saturated heterocycles. The minimum atomic E-state index is 0.0558. The molecule has 133 heavy (non-hydrogen) atoms.